The number of rotatable bonds is 9. The monoisotopic (exact) mass is 296 g/mol. The molecule has 0 saturated carbocycles. The van der Waals surface area contributed by atoms with Crippen LogP contribution in [0.3, 0.4) is 0 Å². The first kappa shape index (κ1) is 17.5. The molecule has 21 heavy (non-hydrogen) atoms. The quantitative estimate of drug-likeness (QED) is 0.705. The Morgan fingerprint density at radius 2 is 2.00 bits per heavy atom. The number of anilines is 1. The van der Waals surface area contributed by atoms with Crippen molar-refractivity contribution in [3.8, 4) is 0 Å². The van der Waals surface area contributed by atoms with Gasteiger partial charge in [-0.15, -0.1) is 0 Å². The zero-order chi connectivity index (χ0) is 15.8. The van der Waals surface area contributed by atoms with Crippen LogP contribution in [0.2, 0.25) is 0 Å². The molecule has 6 nitrogen and oxygen atoms in total. The number of hydrogen-bond acceptors (Lipinski definition) is 5. The number of aryl methyl sites for hydroxylation is 1. The lowest BCUT2D eigenvalue weighted by Crippen LogP contribution is -2.29. The number of esters is 1. The van der Waals surface area contributed by atoms with Gasteiger partial charge in [0.05, 0.1) is 6.61 Å². The van der Waals surface area contributed by atoms with Crippen molar-refractivity contribution in [1.29, 1.82) is 0 Å². The van der Waals surface area contributed by atoms with Crippen molar-refractivity contribution >= 4 is 11.8 Å². The van der Waals surface area contributed by atoms with E-state index in [1.165, 1.54) is 0 Å². The zero-order valence-electron chi connectivity index (χ0n) is 13.7. The van der Waals surface area contributed by atoms with Gasteiger partial charge in [0, 0.05) is 19.5 Å². The number of ether oxygens (including phenoxy) is 1. The average molecular weight is 296 g/mol. The fourth-order valence-electron chi connectivity index (χ4n) is 2.37. The van der Waals surface area contributed by atoms with Gasteiger partial charge < -0.3 is 19.9 Å². The maximum Gasteiger partial charge on any atom is 0.360 e. The molecule has 0 bridgehead atoms. The molecule has 2 N–H and O–H groups in total. The van der Waals surface area contributed by atoms with Crippen LogP contribution in [-0.4, -0.2) is 46.7 Å². The summed E-state index contributed by atoms with van der Waals surface area (Å²) >= 11 is 0. The Kier molecular flexibility index (Phi) is 7.22. The Morgan fingerprint density at radius 1 is 1.29 bits per heavy atom. The van der Waals surface area contributed by atoms with Crippen molar-refractivity contribution in [2.45, 2.75) is 47.1 Å². The fraction of sp³-hybridized carbons (Fsp3) is 0.733. The minimum atomic E-state index is -0.440. The summed E-state index contributed by atoms with van der Waals surface area (Å²) in [4.78, 5) is 18.6. The minimum Gasteiger partial charge on any atom is -0.461 e. The van der Waals surface area contributed by atoms with Crippen LogP contribution in [-0.2, 0) is 17.7 Å². The molecule has 0 saturated heterocycles. The van der Waals surface area contributed by atoms with Crippen LogP contribution in [0, 0.1) is 0 Å². The van der Waals surface area contributed by atoms with E-state index in [9.17, 15) is 4.79 Å². The number of nitrogens with two attached hydrogens (primary N) is 1. The van der Waals surface area contributed by atoms with Crippen molar-refractivity contribution in [2.24, 2.45) is 0 Å². The number of carbonyl (C=O) groups is 1. The first-order chi connectivity index (χ1) is 10.1. The van der Waals surface area contributed by atoms with Crippen LogP contribution in [0.15, 0.2) is 0 Å². The second kappa shape index (κ2) is 8.67. The smallest absolute Gasteiger partial charge is 0.360 e. The van der Waals surface area contributed by atoms with Gasteiger partial charge in [-0.25, -0.2) is 9.78 Å². The molecule has 0 aromatic carbocycles. The third kappa shape index (κ3) is 4.46. The highest BCUT2D eigenvalue weighted by Crippen LogP contribution is 2.16. The number of aromatic nitrogens is 2. The van der Waals surface area contributed by atoms with Gasteiger partial charge in [-0.3, -0.25) is 0 Å². The molecule has 0 radical (unpaired) electrons. The lowest BCUT2D eigenvalue weighted by Gasteiger charge is -2.20. The molecule has 0 fully saturated rings. The largest absolute Gasteiger partial charge is 0.461 e. The summed E-state index contributed by atoms with van der Waals surface area (Å²) in [6.45, 7) is 12.2. The minimum absolute atomic E-state index is 0.243. The molecule has 0 unspecified atom stereocenters. The lowest BCUT2D eigenvalue weighted by molar-refractivity contribution is 0.0521. The standard InChI is InChI=1S/C15H28N4O2/c1-5-9-18(7-3)10-11-19-12(6-2)17-13(14(19)16)15(20)21-8-4/h5-11,16H2,1-4H3. The maximum absolute atomic E-state index is 11.9. The number of nitrogens with zero attached hydrogens (tertiary/aromatic N) is 3. The van der Waals surface area contributed by atoms with Crippen molar-refractivity contribution < 1.29 is 9.53 Å². The van der Waals surface area contributed by atoms with Crippen molar-refractivity contribution in [3.63, 3.8) is 0 Å². The number of imidazole rings is 1. The number of hydrogen-bond donors (Lipinski definition) is 1. The summed E-state index contributed by atoms with van der Waals surface area (Å²) in [6.07, 6.45) is 1.87. The van der Waals surface area contributed by atoms with Crippen LogP contribution >= 0.6 is 0 Å². The third-order valence-corrected chi connectivity index (χ3v) is 3.50. The van der Waals surface area contributed by atoms with Gasteiger partial charge in [0.2, 0.25) is 0 Å². The van der Waals surface area contributed by atoms with Crippen LogP contribution in [0.25, 0.3) is 0 Å². The summed E-state index contributed by atoms with van der Waals surface area (Å²) in [6, 6.07) is 0. The van der Waals surface area contributed by atoms with Gasteiger partial charge in [0.25, 0.3) is 0 Å². The molecule has 0 atom stereocenters. The van der Waals surface area contributed by atoms with Crippen molar-refractivity contribution in [3.05, 3.63) is 11.5 Å². The van der Waals surface area contributed by atoms with Crippen molar-refractivity contribution in [2.75, 3.05) is 32.0 Å². The molecule has 120 valence electrons. The van der Waals surface area contributed by atoms with Gasteiger partial charge >= 0.3 is 5.97 Å². The number of likely N-dealkylation sites (N-methyl/N-ethyl adjacent to an activating group) is 1. The van der Waals surface area contributed by atoms with Gasteiger partial charge in [-0.05, 0) is 26.4 Å². The Hall–Kier alpha value is -1.56. The number of carbonyl (C=O) groups excluding carboxylic acids is 1. The molecule has 0 aliphatic rings. The first-order valence-electron chi connectivity index (χ1n) is 7.83. The van der Waals surface area contributed by atoms with E-state index in [1.54, 1.807) is 6.92 Å². The molecule has 0 aliphatic heterocycles. The predicted molar refractivity (Wildman–Crippen MR) is 84.4 cm³/mol. The van der Waals surface area contributed by atoms with Gasteiger partial charge in [0.1, 0.15) is 11.6 Å². The highest BCUT2D eigenvalue weighted by Gasteiger charge is 2.20. The topological polar surface area (TPSA) is 73.4 Å². The van der Waals surface area contributed by atoms with E-state index in [0.29, 0.717) is 12.4 Å². The van der Waals surface area contributed by atoms with Crippen LogP contribution in [0.5, 0.6) is 0 Å². The summed E-state index contributed by atoms with van der Waals surface area (Å²) in [7, 11) is 0. The lowest BCUT2D eigenvalue weighted by atomic mass is 10.3. The van der Waals surface area contributed by atoms with Crippen LogP contribution in [0.4, 0.5) is 5.82 Å². The summed E-state index contributed by atoms with van der Waals surface area (Å²) < 4.78 is 6.94. The fourth-order valence-corrected chi connectivity index (χ4v) is 2.37. The van der Waals surface area contributed by atoms with Gasteiger partial charge in [0.15, 0.2) is 5.69 Å². The van der Waals surface area contributed by atoms with E-state index in [1.807, 2.05) is 11.5 Å². The van der Waals surface area contributed by atoms with Crippen LogP contribution < -0.4 is 5.73 Å². The Balaban J connectivity index is 2.88. The van der Waals surface area contributed by atoms with E-state index < -0.39 is 5.97 Å². The molecular weight excluding hydrogens is 268 g/mol. The highest BCUT2D eigenvalue weighted by atomic mass is 16.5. The third-order valence-electron chi connectivity index (χ3n) is 3.50. The predicted octanol–water partition coefficient (Wildman–Crippen LogP) is 1.94. The van der Waals surface area contributed by atoms with E-state index in [2.05, 4.69) is 23.7 Å². The maximum atomic E-state index is 11.9. The van der Waals surface area contributed by atoms with E-state index in [-0.39, 0.29) is 5.69 Å². The number of nitrogen functional groups attached to an aromatic ring is 1. The zero-order valence-corrected chi connectivity index (χ0v) is 13.7. The Morgan fingerprint density at radius 3 is 2.52 bits per heavy atom. The van der Waals surface area contributed by atoms with Gasteiger partial charge in [-0.2, -0.15) is 0 Å². The second-order valence-electron chi connectivity index (χ2n) is 4.92. The SMILES string of the molecule is CCCN(CC)CCn1c(CC)nc(C(=O)OCC)c1N. The van der Waals surface area contributed by atoms with E-state index in [0.717, 1.165) is 44.8 Å². The highest BCUT2D eigenvalue weighted by molar-refractivity contribution is 5.92. The van der Waals surface area contributed by atoms with Crippen LogP contribution in [0.1, 0.15) is 50.4 Å². The molecule has 1 rings (SSSR count). The summed E-state index contributed by atoms with van der Waals surface area (Å²) in [5, 5.41) is 0. The Labute approximate surface area is 127 Å². The molecule has 0 spiro atoms. The average Bonchev–Trinajstić information content (AvgIpc) is 2.80. The van der Waals surface area contributed by atoms with E-state index in [4.69, 9.17) is 10.5 Å². The van der Waals surface area contributed by atoms with Gasteiger partial charge in [-0.1, -0.05) is 20.8 Å². The molecule has 1 aromatic heterocycles. The molecular formula is C15H28N4O2. The van der Waals surface area contributed by atoms with Crippen molar-refractivity contribution in [1.82, 2.24) is 14.5 Å². The van der Waals surface area contributed by atoms with E-state index >= 15 is 0 Å². The molecule has 1 heterocycles. The normalized spacial score (nSPS) is 11.1. The molecule has 6 heteroatoms. The summed E-state index contributed by atoms with van der Waals surface area (Å²) in [5.41, 5.74) is 6.34. The summed E-state index contributed by atoms with van der Waals surface area (Å²) in [5.74, 6) is 0.810. The first-order valence-corrected chi connectivity index (χ1v) is 7.83. The second-order valence-corrected chi connectivity index (χ2v) is 4.92. The molecule has 0 aliphatic carbocycles. The molecule has 1 aromatic rings. The Bertz CT molecular complexity index is 457. The molecule has 0 amide bonds.